The largest absolute Gasteiger partial charge is 0.285 e. The number of thioether (sulfide) groups is 2. The highest BCUT2D eigenvalue weighted by Gasteiger charge is 2.35. The molecule has 144 valence electrons. The first-order valence-electron chi connectivity index (χ1n) is 8.23. The lowest BCUT2D eigenvalue weighted by Gasteiger charge is -2.11. The molecule has 0 radical (unpaired) electrons. The van der Waals surface area contributed by atoms with Crippen LogP contribution in [0.25, 0.3) is 0 Å². The van der Waals surface area contributed by atoms with Gasteiger partial charge in [0.2, 0.25) is 0 Å². The molecule has 0 N–H and O–H groups in total. The molecule has 0 fully saturated rings. The van der Waals surface area contributed by atoms with E-state index in [0.717, 1.165) is 11.1 Å². The molecule has 0 amide bonds. The second-order valence-corrected chi connectivity index (χ2v) is 9.75. The molecule has 27 heavy (non-hydrogen) atoms. The second kappa shape index (κ2) is 9.08. The molecule has 4 nitrogen and oxygen atoms in total. The first kappa shape index (κ1) is 21.7. The summed E-state index contributed by atoms with van der Waals surface area (Å²) in [6, 6.07) is 9.92. The molecule has 0 aliphatic carbocycles. The van der Waals surface area contributed by atoms with Crippen molar-refractivity contribution in [2.24, 2.45) is 0 Å². The van der Waals surface area contributed by atoms with Gasteiger partial charge < -0.3 is 0 Å². The fraction of sp³-hybridized carbons (Fsp3) is 0.300. The molecular weight excluding hydrogens is 400 g/mol. The van der Waals surface area contributed by atoms with Crippen molar-refractivity contribution in [3.8, 4) is 0 Å². The summed E-state index contributed by atoms with van der Waals surface area (Å²) in [5.41, 5.74) is 3.25. The van der Waals surface area contributed by atoms with E-state index in [1.54, 1.807) is 24.3 Å². The Morgan fingerprint density at radius 3 is 1.48 bits per heavy atom. The fourth-order valence-corrected chi connectivity index (χ4v) is 5.01. The van der Waals surface area contributed by atoms with Crippen LogP contribution in [0.1, 0.15) is 43.0 Å². The molecule has 0 heterocycles. The van der Waals surface area contributed by atoms with Gasteiger partial charge in [0.25, 0.3) is 20.1 Å². The van der Waals surface area contributed by atoms with E-state index in [0.29, 0.717) is 22.6 Å². The van der Waals surface area contributed by atoms with E-state index in [9.17, 15) is 18.0 Å². The molecular formula is C20H22O4S3. The summed E-state index contributed by atoms with van der Waals surface area (Å²) in [4.78, 5) is 25.6. The van der Waals surface area contributed by atoms with Crippen molar-refractivity contribution in [3.63, 3.8) is 0 Å². The van der Waals surface area contributed by atoms with E-state index in [-0.39, 0.29) is 11.1 Å². The molecule has 0 bridgehead atoms. The monoisotopic (exact) mass is 422 g/mol. The van der Waals surface area contributed by atoms with Gasteiger partial charge in [-0.1, -0.05) is 35.4 Å². The Morgan fingerprint density at radius 1 is 0.778 bits per heavy atom. The summed E-state index contributed by atoms with van der Waals surface area (Å²) < 4.78 is 25.6. The number of hydrogen-bond acceptors (Lipinski definition) is 6. The fourth-order valence-electron chi connectivity index (χ4n) is 2.77. The third-order valence-corrected chi connectivity index (χ3v) is 6.66. The molecule has 0 aliphatic heterocycles. The van der Waals surface area contributed by atoms with Crippen LogP contribution >= 0.6 is 23.5 Å². The number of benzene rings is 2. The van der Waals surface area contributed by atoms with Crippen molar-refractivity contribution in [1.82, 2.24) is 0 Å². The van der Waals surface area contributed by atoms with Crippen molar-refractivity contribution in [2.75, 3.05) is 12.5 Å². The van der Waals surface area contributed by atoms with E-state index in [1.165, 1.54) is 35.7 Å². The predicted octanol–water partition coefficient (Wildman–Crippen LogP) is 4.42. The van der Waals surface area contributed by atoms with Gasteiger partial charge in [-0.3, -0.25) is 9.59 Å². The van der Waals surface area contributed by atoms with Crippen molar-refractivity contribution >= 4 is 43.6 Å². The maximum atomic E-state index is 12.8. The summed E-state index contributed by atoms with van der Waals surface area (Å²) in [5, 5.41) is -2.26. The highest BCUT2D eigenvalue weighted by atomic mass is 32.2. The van der Waals surface area contributed by atoms with E-state index in [1.807, 2.05) is 26.4 Å². The molecule has 0 atom stereocenters. The van der Waals surface area contributed by atoms with Gasteiger partial charge in [0.1, 0.15) is 0 Å². The Balaban J connectivity index is 2.50. The smallest absolute Gasteiger partial charge is 0.275 e. The number of sulfone groups is 1. The predicted molar refractivity (Wildman–Crippen MR) is 114 cm³/mol. The van der Waals surface area contributed by atoms with E-state index in [2.05, 4.69) is 0 Å². The first-order valence-corrected chi connectivity index (χ1v) is 12.5. The molecule has 0 saturated heterocycles. The first-order chi connectivity index (χ1) is 12.7. The average Bonchev–Trinajstić information content (AvgIpc) is 2.61. The lowest BCUT2D eigenvalue weighted by Crippen LogP contribution is -2.26. The third-order valence-electron chi connectivity index (χ3n) is 4.05. The van der Waals surface area contributed by atoms with Crippen LogP contribution < -0.4 is 0 Å². The van der Waals surface area contributed by atoms with Crippen LogP contribution in [0.4, 0.5) is 0 Å². The zero-order valence-electron chi connectivity index (χ0n) is 15.7. The SMILES string of the molecule is CSCc1cc(C)ccc1C(=O)S(=O)(=O)C(=O)c1ccc(C)cc1CSC. The van der Waals surface area contributed by atoms with Crippen LogP contribution in [0.5, 0.6) is 0 Å². The third kappa shape index (κ3) is 4.83. The number of carbonyl (C=O) groups is 2. The zero-order chi connectivity index (χ0) is 20.2. The summed E-state index contributed by atoms with van der Waals surface area (Å²) >= 11 is 2.97. The Labute approximate surface area is 169 Å². The van der Waals surface area contributed by atoms with Crippen LogP contribution in [0.2, 0.25) is 0 Å². The summed E-state index contributed by atoms with van der Waals surface area (Å²) in [5.74, 6) is 0.990. The van der Waals surface area contributed by atoms with Crippen LogP contribution in [0, 0.1) is 13.8 Å². The second-order valence-electron chi connectivity index (χ2n) is 6.27. The van der Waals surface area contributed by atoms with Crippen LogP contribution in [0.15, 0.2) is 36.4 Å². The molecule has 2 aromatic carbocycles. The Bertz CT molecular complexity index is 905. The molecule has 0 spiro atoms. The Kier molecular flexibility index (Phi) is 7.31. The van der Waals surface area contributed by atoms with Gasteiger partial charge in [0.15, 0.2) is 0 Å². The van der Waals surface area contributed by atoms with Gasteiger partial charge in [-0.25, -0.2) is 8.42 Å². The number of rotatable bonds is 6. The van der Waals surface area contributed by atoms with Gasteiger partial charge in [-0.15, -0.1) is 0 Å². The number of hydrogen-bond donors (Lipinski definition) is 0. The summed E-state index contributed by atoms with van der Waals surface area (Å²) in [6.45, 7) is 3.75. The van der Waals surface area contributed by atoms with Crippen LogP contribution in [-0.4, -0.2) is 31.2 Å². The molecule has 0 aromatic heterocycles. The molecule has 7 heteroatoms. The molecule has 2 aromatic rings. The Morgan fingerprint density at radius 2 is 1.15 bits per heavy atom. The van der Waals surface area contributed by atoms with E-state index in [4.69, 9.17) is 0 Å². The van der Waals surface area contributed by atoms with Crippen molar-refractivity contribution in [1.29, 1.82) is 0 Å². The maximum absolute atomic E-state index is 12.8. The Hall–Kier alpha value is -1.57. The van der Waals surface area contributed by atoms with E-state index < -0.39 is 20.1 Å². The van der Waals surface area contributed by atoms with Gasteiger partial charge in [-0.2, -0.15) is 23.5 Å². The quantitative estimate of drug-likeness (QED) is 0.686. The molecule has 0 saturated carbocycles. The minimum absolute atomic E-state index is 0.0711. The number of aryl methyl sites for hydroxylation is 2. The lowest BCUT2D eigenvalue weighted by molar-refractivity contribution is 0.104. The summed E-state index contributed by atoms with van der Waals surface area (Å²) in [6.07, 6.45) is 3.74. The van der Waals surface area contributed by atoms with Crippen LogP contribution in [-0.2, 0) is 21.3 Å². The normalized spacial score (nSPS) is 11.4. The topological polar surface area (TPSA) is 68.3 Å². The van der Waals surface area contributed by atoms with Gasteiger partial charge >= 0.3 is 0 Å². The van der Waals surface area contributed by atoms with Crippen LogP contribution in [0.3, 0.4) is 0 Å². The standard InChI is InChI=1S/C20H22O4S3/c1-13-5-7-17(15(9-13)11-25-3)19(21)27(23,24)20(22)18-8-6-14(2)10-16(18)12-26-4/h5-10H,11-12H2,1-4H3. The highest BCUT2D eigenvalue weighted by molar-refractivity contribution is 8.19. The lowest BCUT2D eigenvalue weighted by atomic mass is 10.1. The van der Waals surface area contributed by atoms with Gasteiger partial charge in [-0.05, 0) is 49.6 Å². The minimum Gasteiger partial charge on any atom is -0.275 e. The van der Waals surface area contributed by atoms with Gasteiger partial charge in [0, 0.05) is 22.6 Å². The average molecular weight is 423 g/mol. The molecule has 2 rings (SSSR count). The number of carbonyl (C=O) groups excluding carboxylic acids is 2. The van der Waals surface area contributed by atoms with Crippen molar-refractivity contribution in [3.05, 3.63) is 69.8 Å². The zero-order valence-corrected chi connectivity index (χ0v) is 18.2. The van der Waals surface area contributed by atoms with Crippen molar-refractivity contribution in [2.45, 2.75) is 25.4 Å². The van der Waals surface area contributed by atoms with E-state index >= 15 is 0 Å². The highest BCUT2D eigenvalue weighted by Crippen LogP contribution is 2.24. The van der Waals surface area contributed by atoms with Crippen molar-refractivity contribution < 1.29 is 18.0 Å². The summed E-state index contributed by atoms with van der Waals surface area (Å²) in [7, 11) is -4.65. The molecule has 0 aliphatic rings. The molecule has 0 unspecified atom stereocenters. The maximum Gasteiger partial charge on any atom is 0.285 e. The van der Waals surface area contributed by atoms with Gasteiger partial charge in [0.05, 0.1) is 0 Å². The minimum atomic E-state index is -4.65.